The second-order valence-corrected chi connectivity index (χ2v) is 5.65. The lowest BCUT2D eigenvalue weighted by Gasteiger charge is -2.20. The fourth-order valence-electron chi connectivity index (χ4n) is 1.05. The van der Waals surface area contributed by atoms with Crippen LogP contribution < -0.4 is 4.72 Å². The Morgan fingerprint density at radius 3 is 2.53 bits per heavy atom. The Labute approximate surface area is 99.0 Å². The fourth-order valence-corrected chi connectivity index (χ4v) is 2.29. The highest BCUT2D eigenvalue weighted by Gasteiger charge is 2.24. The smallest absolute Gasteiger partial charge is 0.243 e. The van der Waals surface area contributed by atoms with E-state index in [0.717, 1.165) is 12.1 Å². The van der Waals surface area contributed by atoms with Crippen LogP contribution in [-0.2, 0) is 10.0 Å². The van der Waals surface area contributed by atoms with Crippen LogP contribution in [-0.4, -0.2) is 37.4 Å². The summed E-state index contributed by atoms with van der Waals surface area (Å²) in [7, 11) is -4.03. The van der Waals surface area contributed by atoms with Gasteiger partial charge in [-0.05, 0) is 19.1 Å². The van der Waals surface area contributed by atoms with E-state index in [1.54, 1.807) is 0 Å². The molecule has 96 valence electrons. The molecule has 0 amide bonds. The third-order valence-electron chi connectivity index (χ3n) is 2.11. The van der Waals surface area contributed by atoms with Gasteiger partial charge in [-0.3, -0.25) is 0 Å². The molecule has 5 nitrogen and oxygen atoms in total. The van der Waals surface area contributed by atoms with E-state index < -0.39 is 39.5 Å². The molecule has 17 heavy (non-hydrogen) atoms. The molecule has 0 aliphatic heterocycles. The van der Waals surface area contributed by atoms with Gasteiger partial charge in [-0.15, -0.1) is 0 Å². The molecule has 7 heteroatoms. The number of halogens is 1. The number of benzene rings is 1. The van der Waals surface area contributed by atoms with Crippen molar-refractivity contribution in [2.45, 2.75) is 17.4 Å². The van der Waals surface area contributed by atoms with Crippen LogP contribution in [0.25, 0.3) is 0 Å². The average molecular weight is 263 g/mol. The number of aliphatic hydroxyl groups is 2. The standard InChI is InChI=1S/C10H14FNO4S/c1-10(14,7-13)6-12-17(15,16)9-5-3-2-4-8(9)11/h2-5,12-14H,6-7H2,1H3. The van der Waals surface area contributed by atoms with Gasteiger partial charge in [-0.1, -0.05) is 12.1 Å². The van der Waals surface area contributed by atoms with E-state index in [0.29, 0.717) is 0 Å². The molecule has 0 heterocycles. The van der Waals surface area contributed by atoms with Gasteiger partial charge in [-0.25, -0.2) is 17.5 Å². The molecule has 0 radical (unpaired) electrons. The molecule has 0 bridgehead atoms. The summed E-state index contributed by atoms with van der Waals surface area (Å²) in [6.07, 6.45) is 0. The van der Waals surface area contributed by atoms with E-state index >= 15 is 0 Å². The Morgan fingerprint density at radius 2 is 2.00 bits per heavy atom. The van der Waals surface area contributed by atoms with Gasteiger partial charge in [0.2, 0.25) is 10.0 Å². The third-order valence-corrected chi connectivity index (χ3v) is 3.54. The number of hydrogen-bond acceptors (Lipinski definition) is 4. The van der Waals surface area contributed by atoms with Gasteiger partial charge >= 0.3 is 0 Å². The summed E-state index contributed by atoms with van der Waals surface area (Å²) in [6, 6.07) is 4.91. The van der Waals surface area contributed by atoms with Crippen molar-refractivity contribution in [1.82, 2.24) is 4.72 Å². The Morgan fingerprint density at radius 1 is 1.41 bits per heavy atom. The zero-order valence-electron chi connectivity index (χ0n) is 9.22. The van der Waals surface area contributed by atoms with E-state index in [1.165, 1.54) is 19.1 Å². The van der Waals surface area contributed by atoms with Gasteiger partial charge in [0.15, 0.2) is 0 Å². The fraction of sp³-hybridized carbons (Fsp3) is 0.400. The summed E-state index contributed by atoms with van der Waals surface area (Å²) >= 11 is 0. The zero-order chi connectivity index (χ0) is 13.1. The largest absolute Gasteiger partial charge is 0.393 e. The molecule has 0 fully saturated rings. The van der Waals surface area contributed by atoms with E-state index in [2.05, 4.69) is 0 Å². The molecule has 0 aliphatic carbocycles. The van der Waals surface area contributed by atoms with Gasteiger partial charge in [0.25, 0.3) is 0 Å². The molecule has 3 N–H and O–H groups in total. The number of hydrogen-bond donors (Lipinski definition) is 3. The van der Waals surface area contributed by atoms with Crippen LogP contribution in [0.3, 0.4) is 0 Å². The highest BCUT2D eigenvalue weighted by molar-refractivity contribution is 7.89. The Bertz CT molecular complexity index is 487. The summed E-state index contributed by atoms with van der Waals surface area (Å²) < 4.78 is 38.6. The highest BCUT2D eigenvalue weighted by atomic mass is 32.2. The Hall–Kier alpha value is -1.02. The molecule has 1 unspecified atom stereocenters. The van der Waals surface area contributed by atoms with Crippen molar-refractivity contribution in [3.63, 3.8) is 0 Å². The lowest BCUT2D eigenvalue weighted by Crippen LogP contribution is -2.43. The molecule has 1 atom stereocenters. The molecule has 1 rings (SSSR count). The van der Waals surface area contributed by atoms with Crippen LogP contribution in [0.5, 0.6) is 0 Å². The van der Waals surface area contributed by atoms with Crippen LogP contribution in [0, 0.1) is 5.82 Å². The maximum Gasteiger partial charge on any atom is 0.243 e. The van der Waals surface area contributed by atoms with E-state index in [-0.39, 0.29) is 0 Å². The number of aliphatic hydroxyl groups excluding tert-OH is 1. The molecule has 1 aromatic carbocycles. The van der Waals surface area contributed by atoms with Gasteiger partial charge < -0.3 is 10.2 Å². The minimum Gasteiger partial charge on any atom is -0.393 e. The first-order valence-electron chi connectivity index (χ1n) is 4.86. The summed E-state index contributed by atoms with van der Waals surface area (Å²) in [5.41, 5.74) is -1.58. The molecule has 1 aromatic rings. The normalized spacial score (nSPS) is 15.5. The predicted octanol–water partition coefficient (Wildman–Crippen LogP) is -0.153. The monoisotopic (exact) mass is 263 g/mol. The van der Waals surface area contributed by atoms with Crippen molar-refractivity contribution in [2.24, 2.45) is 0 Å². The van der Waals surface area contributed by atoms with Crippen molar-refractivity contribution < 1.29 is 23.0 Å². The number of rotatable bonds is 5. The van der Waals surface area contributed by atoms with Gasteiger partial charge in [-0.2, -0.15) is 0 Å². The lowest BCUT2D eigenvalue weighted by atomic mass is 10.1. The lowest BCUT2D eigenvalue weighted by molar-refractivity contribution is 0.00680. The van der Waals surface area contributed by atoms with Gasteiger partial charge in [0, 0.05) is 6.54 Å². The van der Waals surface area contributed by atoms with Crippen molar-refractivity contribution in [1.29, 1.82) is 0 Å². The van der Waals surface area contributed by atoms with Crippen LogP contribution >= 0.6 is 0 Å². The summed E-state index contributed by atoms with van der Waals surface area (Å²) in [5.74, 6) is -0.872. The van der Waals surface area contributed by atoms with Gasteiger partial charge in [0.1, 0.15) is 10.7 Å². The molecule has 0 spiro atoms. The highest BCUT2D eigenvalue weighted by Crippen LogP contribution is 2.13. The first-order valence-corrected chi connectivity index (χ1v) is 6.34. The number of sulfonamides is 1. The van der Waals surface area contributed by atoms with Crippen LogP contribution in [0.15, 0.2) is 29.2 Å². The molecular weight excluding hydrogens is 249 g/mol. The van der Waals surface area contributed by atoms with E-state index in [4.69, 9.17) is 5.11 Å². The third kappa shape index (κ3) is 3.74. The topological polar surface area (TPSA) is 86.6 Å². The Balaban J connectivity index is 2.88. The van der Waals surface area contributed by atoms with Crippen molar-refractivity contribution >= 4 is 10.0 Å². The zero-order valence-corrected chi connectivity index (χ0v) is 10.0. The molecular formula is C10H14FNO4S. The van der Waals surface area contributed by atoms with Crippen LogP contribution in [0.2, 0.25) is 0 Å². The minimum absolute atomic E-state index is 0.403. The first kappa shape index (κ1) is 14.0. The van der Waals surface area contributed by atoms with Crippen molar-refractivity contribution in [2.75, 3.05) is 13.2 Å². The van der Waals surface area contributed by atoms with Crippen molar-refractivity contribution in [3.05, 3.63) is 30.1 Å². The maximum atomic E-state index is 13.3. The predicted molar refractivity (Wildman–Crippen MR) is 59.3 cm³/mol. The minimum atomic E-state index is -4.03. The van der Waals surface area contributed by atoms with Gasteiger partial charge in [0.05, 0.1) is 12.2 Å². The summed E-state index contributed by atoms with van der Waals surface area (Å²) in [4.78, 5) is -0.492. The first-order chi connectivity index (χ1) is 7.78. The van der Waals surface area contributed by atoms with E-state index in [9.17, 15) is 17.9 Å². The van der Waals surface area contributed by atoms with Crippen LogP contribution in [0.4, 0.5) is 4.39 Å². The summed E-state index contributed by atoms with van der Waals surface area (Å²) in [5, 5.41) is 18.2. The molecule has 0 saturated heterocycles. The van der Waals surface area contributed by atoms with Crippen molar-refractivity contribution in [3.8, 4) is 0 Å². The van der Waals surface area contributed by atoms with E-state index in [1.807, 2.05) is 4.72 Å². The SMILES string of the molecule is CC(O)(CO)CNS(=O)(=O)c1ccccc1F. The Kier molecular flexibility index (Phi) is 4.21. The second kappa shape index (κ2) is 5.09. The molecule has 0 saturated carbocycles. The second-order valence-electron chi connectivity index (χ2n) is 3.91. The van der Waals surface area contributed by atoms with Crippen LogP contribution in [0.1, 0.15) is 6.92 Å². The number of nitrogens with one attached hydrogen (secondary N) is 1. The molecule has 0 aliphatic rings. The summed E-state index contributed by atoms with van der Waals surface area (Å²) in [6.45, 7) is 0.254. The quantitative estimate of drug-likeness (QED) is 0.689. The average Bonchev–Trinajstić information content (AvgIpc) is 2.27. The molecule has 0 aromatic heterocycles. The maximum absolute atomic E-state index is 13.3.